The van der Waals surface area contributed by atoms with E-state index in [1.807, 2.05) is 0 Å². The summed E-state index contributed by atoms with van der Waals surface area (Å²) in [6, 6.07) is 4.07. The van der Waals surface area contributed by atoms with Crippen LogP contribution in [0.15, 0.2) is 42.9 Å². The Kier molecular flexibility index (Phi) is 3.31. The van der Waals surface area contributed by atoms with Crippen LogP contribution in [0.3, 0.4) is 0 Å². The van der Waals surface area contributed by atoms with Gasteiger partial charge in [0.1, 0.15) is 5.69 Å². The van der Waals surface area contributed by atoms with Gasteiger partial charge in [0.2, 0.25) is 5.78 Å². The lowest BCUT2D eigenvalue weighted by Crippen LogP contribution is -2.09. The number of aromatic nitrogens is 3. The van der Waals surface area contributed by atoms with Crippen LogP contribution in [0.4, 0.5) is 26.3 Å². The van der Waals surface area contributed by atoms with E-state index in [0.29, 0.717) is 11.8 Å². The van der Waals surface area contributed by atoms with E-state index in [0.717, 1.165) is 22.7 Å². The summed E-state index contributed by atoms with van der Waals surface area (Å²) >= 11 is 0. The predicted molar refractivity (Wildman–Crippen MR) is 68.4 cm³/mol. The molecule has 0 radical (unpaired) electrons. The first-order chi connectivity index (χ1) is 10.7. The van der Waals surface area contributed by atoms with Crippen molar-refractivity contribution in [3.05, 3.63) is 54.1 Å². The summed E-state index contributed by atoms with van der Waals surface area (Å²) in [5.41, 5.74) is -1.29. The van der Waals surface area contributed by atoms with Gasteiger partial charge in [-0.3, -0.25) is 4.40 Å². The number of hydrogen-bond donors (Lipinski definition) is 0. The first-order valence-corrected chi connectivity index (χ1v) is 6.24. The molecule has 2 heterocycles. The molecule has 0 saturated heterocycles. The average Bonchev–Trinajstić information content (AvgIpc) is 2.89. The topological polar surface area (TPSA) is 30.2 Å². The summed E-state index contributed by atoms with van der Waals surface area (Å²) in [4.78, 5) is 7.34. The van der Waals surface area contributed by atoms with Crippen molar-refractivity contribution < 1.29 is 26.3 Å². The van der Waals surface area contributed by atoms with E-state index in [1.165, 1.54) is 18.3 Å². The number of alkyl halides is 6. The van der Waals surface area contributed by atoms with E-state index in [-0.39, 0.29) is 11.3 Å². The number of hydrogen-bond acceptors (Lipinski definition) is 2. The van der Waals surface area contributed by atoms with Gasteiger partial charge < -0.3 is 0 Å². The van der Waals surface area contributed by atoms with Crippen LogP contribution in [-0.2, 0) is 12.4 Å². The van der Waals surface area contributed by atoms with Crippen molar-refractivity contribution in [1.82, 2.24) is 14.4 Å². The molecular formula is C14H7F6N3. The van der Waals surface area contributed by atoms with E-state index >= 15 is 0 Å². The molecule has 1 aromatic carbocycles. The molecular weight excluding hydrogens is 324 g/mol. The second-order valence-electron chi connectivity index (χ2n) is 4.73. The van der Waals surface area contributed by atoms with Crippen LogP contribution < -0.4 is 0 Å². The third-order valence-corrected chi connectivity index (χ3v) is 3.20. The molecule has 0 saturated carbocycles. The standard InChI is InChI=1S/C14H7F6N3/c15-13(16,17)10-3-1-8(2-4-10)9-5-21-12-22-6-11(14(18,19)20)23(12)7-9/h1-7H. The quantitative estimate of drug-likeness (QED) is 0.617. The normalized spacial score (nSPS) is 12.8. The van der Waals surface area contributed by atoms with Crippen molar-refractivity contribution in [2.24, 2.45) is 0 Å². The molecule has 23 heavy (non-hydrogen) atoms. The fourth-order valence-corrected chi connectivity index (χ4v) is 2.08. The molecule has 3 nitrogen and oxygen atoms in total. The number of benzene rings is 1. The molecule has 0 spiro atoms. The highest BCUT2D eigenvalue weighted by molar-refractivity contribution is 5.63. The highest BCUT2D eigenvalue weighted by Gasteiger charge is 2.35. The van der Waals surface area contributed by atoms with Gasteiger partial charge in [-0.05, 0) is 17.7 Å². The van der Waals surface area contributed by atoms with E-state index < -0.39 is 23.6 Å². The van der Waals surface area contributed by atoms with Crippen LogP contribution in [0.1, 0.15) is 11.3 Å². The van der Waals surface area contributed by atoms with Crippen LogP contribution in [0.25, 0.3) is 16.9 Å². The maximum atomic E-state index is 12.9. The molecule has 0 N–H and O–H groups in total. The lowest BCUT2D eigenvalue weighted by atomic mass is 10.1. The smallest absolute Gasteiger partial charge is 0.279 e. The van der Waals surface area contributed by atoms with Gasteiger partial charge in [0.15, 0.2) is 0 Å². The minimum absolute atomic E-state index is 0.145. The zero-order chi connectivity index (χ0) is 16.8. The first-order valence-electron chi connectivity index (χ1n) is 6.24. The van der Waals surface area contributed by atoms with Crippen molar-refractivity contribution in [2.75, 3.05) is 0 Å². The molecule has 0 amide bonds. The molecule has 3 aromatic rings. The monoisotopic (exact) mass is 331 g/mol. The van der Waals surface area contributed by atoms with E-state index in [9.17, 15) is 26.3 Å². The molecule has 0 atom stereocenters. The average molecular weight is 331 g/mol. The summed E-state index contributed by atoms with van der Waals surface area (Å²) in [5.74, 6) is -0.145. The fraction of sp³-hybridized carbons (Fsp3) is 0.143. The lowest BCUT2D eigenvalue weighted by molar-refractivity contribution is -0.141. The van der Waals surface area contributed by atoms with Crippen LogP contribution in [-0.4, -0.2) is 14.4 Å². The maximum absolute atomic E-state index is 12.9. The molecule has 0 aliphatic carbocycles. The Morgan fingerprint density at radius 1 is 0.739 bits per heavy atom. The summed E-state index contributed by atoms with van der Waals surface area (Å²) in [5, 5.41) is 0. The molecule has 9 heteroatoms. The number of fused-ring (bicyclic) bond motifs is 1. The number of imidazole rings is 1. The van der Waals surface area contributed by atoms with Gasteiger partial charge in [-0.15, -0.1) is 0 Å². The molecule has 3 rings (SSSR count). The van der Waals surface area contributed by atoms with Crippen molar-refractivity contribution >= 4 is 5.78 Å². The van der Waals surface area contributed by atoms with Crippen LogP contribution in [0, 0.1) is 0 Å². The SMILES string of the molecule is FC(F)(F)c1ccc(-c2cnc3ncc(C(F)(F)F)n3c2)cc1. The summed E-state index contributed by atoms with van der Waals surface area (Å²) < 4.78 is 76.9. The van der Waals surface area contributed by atoms with E-state index in [4.69, 9.17) is 0 Å². The summed E-state index contributed by atoms with van der Waals surface area (Å²) in [6.45, 7) is 0. The van der Waals surface area contributed by atoms with Crippen molar-refractivity contribution in [3.8, 4) is 11.1 Å². The first kappa shape index (κ1) is 15.3. The van der Waals surface area contributed by atoms with E-state index in [2.05, 4.69) is 9.97 Å². The Morgan fingerprint density at radius 3 is 1.91 bits per heavy atom. The number of rotatable bonds is 1. The fourth-order valence-electron chi connectivity index (χ4n) is 2.08. The zero-order valence-electron chi connectivity index (χ0n) is 11.2. The minimum Gasteiger partial charge on any atom is -0.279 e. The van der Waals surface area contributed by atoms with Gasteiger partial charge >= 0.3 is 12.4 Å². The van der Waals surface area contributed by atoms with Crippen molar-refractivity contribution in [2.45, 2.75) is 12.4 Å². The molecule has 0 bridgehead atoms. The van der Waals surface area contributed by atoms with Crippen molar-refractivity contribution in [3.63, 3.8) is 0 Å². The molecule has 0 unspecified atom stereocenters. The summed E-state index contributed by atoms with van der Waals surface area (Å²) in [7, 11) is 0. The van der Waals surface area contributed by atoms with Gasteiger partial charge in [-0.25, -0.2) is 9.97 Å². The Labute approximate surface area is 125 Å². The maximum Gasteiger partial charge on any atom is 0.433 e. The third kappa shape index (κ3) is 2.86. The minimum atomic E-state index is -4.61. The van der Waals surface area contributed by atoms with Crippen molar-refractivity contribution in [1.29, 1.82) is 0 Å². The van der Waals surface area contributed by atoms with Crippen LogP contribution in [0.5, 0.6) is 0 Å². The van der Waals surface area contributed by atoms with Crippen LogP contribution in [0.2, 0.25) is 0 Å². The van der Waals surface area contributed by atoms with E-state index in [1.54, 1.807) is 0 Å². The van der Waals surface area contributed by atoms with Gasteiger partial charge in [0.05, 0.1) is 11.8 Å². The van der Waals surface area contributed by atoms with Gasteiger partial charge in [0.25, 0.3) is 0 Å². The largest absolute Gasteiger partial charge is 0.433 e. The number of halogens is 6. The molecule has 120 valence electrons. The van der Waals surface area contributed by atoms with Crippen LogP contribution >= 0.6 is 0 Å². The highest BCUT2D eigenvalue weighted by Crippen LogP contribution is 2.32. The third-order valence-electron chi connectivity index (χ3n) is 3.20. The Bertz CT molecular complexity index is 846. The second kappa shape index (κ2) is 4.97. The Balaban J connectivity index is 2.07. The zero-order valence-corrected chi connectivity index (χ0v) is 11.2. The Morgan fingerprint density at radius 2 is 1.35 bits per heavy atom. The second-order valence-corrected chi connectivity index (χ2v) is 4.73. The number of nitrogens with zero attached hydrogens (tertiary/aromatic N) is 3. The van der Waals surface area contributed by atoms with Gasteiger partial charge in [-0.1, -0.05) is 12.1 Å². The summed E-state index contributed by atoms with van der Waals surface area (Å²) in [6.07, 6.45) is -6.04. The lowest BCUT2D eigenvalue weighted by Gasteiger charge is -2.09. The molecule has 0 aliphatic rings. The molecule has 2 aromatic heterocycles. The predicted octanol–water partition coefficient (Wildman–Crippen LogP) is 4.43. The Hall–Kier alpha value is -2.58. The molecule has 0 fully saturated rings. The van der Waals surface area contributed by atoms with Gasteiger partial charge in [0, 0.05) is 18.0 Å². The highest BCUT2D eigenvalue weighted by atomic mass is 19.4. The molecule has 0 aliphatic heterocycles. The van der Waals surface area contributed by atoms with Gasteiger partial charge in [-0.2, -0.15) is 26.3 Å².